The van der Waals surface area contributed by atoms with E-state index in [1.54, 1.807) is 36.7 Å². The van der Waals surface area contributed by atoms with Gasteiger partial charge in [-0.3, -0.25) is 19.5 Å². The van der Waals surface area contributed by atoms with Crippen LogP contribution in [0.25, 0.3) is 0 Å². The van der Waals surface area contributed by atoms with Gasteiger partial charge >= 0.3 is 0 Å². The molecule has 0 atom stereocenters. The van der Waals surface area contributed by atoms with E-state index in [-0.39, 0.29) is 11.8 Å². The summed E-state index contributed by atoms with van der Waals surface area (Å²) in [6.45, 7) is 3.24. The van der Waals surface area contributed by atoms with E-state index in [0.717, 1.165) is 24.4 Å². The first-order chi connectivity index (χ1) is 13.7. The van der Waals surface area contributed by atoms with Crippen LogP contribution >= 0.6 is 11.8 Å². The molecule has 8 heteroatoms. The van der Waals surface area contributed by atoms with Gasteiger partial charge in [0.15, 0.2) is 0 Å². The van der Waals surface area contributed by atoms with Crippen molar-refractivity contribution in [3.8, 4) is 0 Å². The summed E-state index contributed by atoms with van der Waals surface area (Å²) in [6.07, 6.45) is 3.53. The molecule has 1 aromatic heterocycles. The number of nitrogens with one attached hydrogen (secondary N) is 2. The molecule has 2 N–H and O–H groups in total. The molecule has 0 radical (unpaired) electrons. The maximum absolute atomic E-state index is 12.1. The van der Waals surface area contributed by atoms with Crippen molar-refractivity contribution >= 4 is 35.0 Å². The van der Waals surface area contributed by atoms with Gasteiger partial charge in [-0.05, 0) is 35.9 Å². The lowest BCUT2D eigenvalue weighted by Gasteiger charge is -2.25. The van der Waals surface area contributed by atoms with Crippen molar-refractivity contribution in [1.82, 2.24) is 9.88 Å². The van der Waals surface area contributed by atoms with Gasteiger partial charge in [0.1, 0.15) is 0 Å². The van der Waals surface area contributed by atoms with Crippen LogP contribution in [0, 0.1) is 0 Å². The summed E-state index contributed by atoms with van der Waals surface area (Å²) in [7, 11) is 0. The third kappa shape index (κ3) is 6.95. The third-order valence-electron chi connectivity index (χ3n) is 4.15. The topological polar surface area (TPSA) is 83.6 Å². The van der Waals surface area contributed by atoms with E-state index < -0.39 is 0 Å². The van der Waals surface area contributed by atoms with Crippen molar-refractivity contribution in [2.24, 2.45) is 0 Å². The number of carbonyl (C=O) groups is 2. The largest absolute Gasteiger partial charge is 0.379 e. The van der Waals surface area contributed by atoms with Crippen LogP contribution in [0.3, 0.4) is 0 Å². The number of benzene rings is 1. The summed E-state index contributed by atoms with van der Waals surface area (Å²) < 4.78 is 5.28. The number of carbonyl (C=O) groups excluding carboxylic acids is 2. The molecule has 2 aromatic rings. The maximum Gasteiger partial charge on any atom is 0.238 e. The van der Waals surface area contributed by atoms with Gasteiger partial charge in [-0.25, -0.2) is 0 Å². The van der Waals surface area contributed by atoms with Gasteiger partial charge in [-0.15, -0.1) is 11.8 Å². The van der Waals surface area contributed by atoms with E-state index in [4.69, 9.17) is 4.74 Å². The third-order valence-corrected chi connectivity index (χ3v) is 5.15. The number of ether oxygens (including phenoxy) is 1. The molecular formula is C20H24N4O3S. The van der Waals surface area contributed by atoms with E-state index in [1.807, 2.05) is 12.1 Å². The SMILES string of the molecule is O=C(CSCc1cccnc1)Nc1ccc(NC(=O)CN2CCOCC2)cc1. The Morgan fingerprint density at radius 3 is 2.36 bits per heavy atom. The molecule has 0 aliphatic carbocycles. The number of morpholine rings is 1. The van der Waals surface area contributed by atoms with Crippen LogP contribution in [0.4, 0.5) is 11.4 Å². The lowest BCUT2D eigenvalue weighted by molar-refractivity contribution is -0.118. The first-order valence-electron chi connectivity index (χ1n) is 9.15. The quantitative estimate of drug-likeness (QED) is 0.707. The second-order valence-corrected chi connectivity index (χ2v) is 7.40. The van der Waals surface area contributed by atoms with Crippen LogP contribution in [0.15, 0.2) is 48.8 Å². The van der Waals surface area contributed by atoms with Crippen LogP contribution in [0.1, 0.15) is 5.56 Å². The van der Waals surface area contributed by atoms with Crippen LogP contribution in [-0.4, -0.2) is 60.3 Å². The monoisotopic (exact) mass is 400 g/mol. The zero-order chi connectivity index (χ0) is 19.6. The van der Waals surface area contributed by atoms with E-state index in [9.17, 15) is 9.59 Å². The first kappa shape index (κ1) is 20.3. The minimum absolute atomic E-state index is 0.0505. The number of thioether (sulfide) groups is 1. The summed E-state index contributed by atoms with van der Waals surface area (Å²) in [4.78, 5) is 30.3. The molecule has 1 fully saturated rings. The summed E-state index contributed by atoms with van der Waals surface area (Å²) in [5.41, 5.74) is 2.51. The van der Waals surface area contributed by atoms with Crippen LogP contribution in [0.2, 0.25) is 0 Å². The molecule has 1 aliphatic heterocycles. The minimum Gasteiger partial charge on any atom is -0.379 e. The van der Waals surface area contributed by atoms with E-state index >= 15 is 0 Å². The second-order valence-electron chi connectivity index (χ2n) is 6.42. The Bertz CT molecular complexity index is 765. The number of aromatic nitrogens is 1. The Balaban J connectivity index is 1.38. The first-order valence-corrected chi connectivity index (χ1v) is 10.3. The maximum atomic E-state index is 12.1. The fourth-order valence-corrected chi connectivity index (χ4v) is 3.51. The normalized spacial score (nSPS) is 14.4. The van der Waals surface area contributed by atoms with Crippen molar-refractivity contribution in [1.29, 1.82) is 0 Å². The van der Waals surface area contributed by atoms with Crippen LogP contribution in [-0.2, 0) is 20.1 Å². The smallest absolute Gasteiger partial charge is 0.238 e. The molecule has 2 heterocycles. The molecule has 2 amide bonds. The summed E-state index contributed by atoms with van der Waals surface area (Å²) >= 11 is 1.54. The van der Waals surface area contributed by atoms with Gasteiger partial charge in [0.05, 0.1) is 25.5 Å². The van der Waals surface area contributed by atoms with Crippen molar-refractivity contribution < 1.29 is 14.3 Å². The fourth-order valence-electron chi connectivity index (χ4n) is 2.74. The highest BCUT2D eigenvalue weighted by Crippen LogP contribution is 2.15. The highest BCUT2D eigenvalue weighted by atomic mass is 32.2. The lowest BCUT2D eigenvalue weighted by atomic mass is 10.2. The summed E-state index contributed by atoms with van der Waals surface area (Å²) in [5, 5.41) is 5.74. The van der Waals surface area contributed by atoms with Crippen molar-refractivity contribution in [2.75, 3.05) is 49.2 Å². The number of anilines is 2. The molecule has 3 rings (SSSR count). The zero-order valence-electron chi connectivity index (χ0n) is 15.6. The Hall–Kier alpha value is -2.42. The zero-order valence-corrected chi connectivity index (χ0v) is 16.4. The molecular weight excluding hydrogens is 376 g/mol. The average molecular weight is 401 g/mol. The molecule has 148 valence electrons. The highest BCUT2D eigenvalue weighted by Gasteiger charge is 2.14. The number of hydrogen-bond donors (Lipinski definition) is 2. The Morgan fingerprint density at radius 2 is 1.71 bits per heavy atom. The molecule has 7 nitrogen and oxygen atoms in total. The van der Waals surface area contributed by atoms with Gasteiger partial charge in [0.2, 0.25) is 11.8 Å². The number of rotatable bonds is 8. The average Bonchev–Trinajstić information content (AvgIpc) is 2.71. The number of amides is 2. The standard InChI is InChI=1S/C20H24N4O3S/c25-19(13-24-8-10-27-11-9-24)22-17-3-5-18(6-4-17)23-20(26)15-28-14-16-2-1-7-21-12-16/h1-7,12H,8-11,13-15H2,(H,22,25)(H,23,26). The Labute approximate surface area is 168 Å². The summed E-state index contributed by atoms with van der Waals surface area (Å²) in [5.74, 6) is 1.01. The Kier molecular flexibility index (Phi) is 7.83. The molecule has 0 saturated carbocycles. The van der Waals surface area contributed by atoms with Gasteiger partial charge < -0.3 is 15.4 Å². The molecule has 1 aromatic carbocycles. The number of pyridine rings is 1. The molecule has 1 saturated heterocycles. The highest BCUT2D eigenvalue weighted by molar-refractivity contribution is 7.99. The van der Waals surface area contributed by atoms with Gasteiger partial charge in [-0.1, -0.05) is 6.07 Å². The van der Waals surface area contributed by atoms with Gasteiger partial charge in [0.25, 0.3) is 0 Å². The van der Waals surface area contributed by atoms with Crippen molar-refractivity contribution in [3.05, 3.63) is 54.4 Å². The van der Waals surface area contributed by atoms with E-state index in [2.05, 4.69) is 20.5 Å². The van der Waals surface area contributed by atoms with Crippen molar-refractivity contribution in [2.45, 2.75) is 5.75 Å². The molecule has 28 heavy (non-hydrogen) atoms. The number of hydrogen-bond acceptors (Lipinski definition) is 6. The number of nitrogens with zero attached hydrogens (tertiary/aromatic N) is 2. The Morgan fingerprint density at radius 1 is 1.04 bits per heavy atom. The fraction of sp³-hybridized carbons (Fsp3) is 0.350. The summed E-state index contributed by atoms with van der Waals surface area (Å²) in [6, 6.07) is 11.0. The van der Waals surface area contributed by atoms with Gasteiger partial charge in [-0.2, -0.15) is 0 Å². The molecule has 0 unspecified atom stereocenters. The molecule has 0 spiro atoms. The van der Waals surface area contributed by atoms with E-state index in [0.29, 0.717) is 36.9 Å². The second kappa shape index (κ2) is 10.8. The lowest BCUT2D eigenvalue weighted by Crippen LogP contribution is -2.41. The van der Waals surface area contributed by atoms with Crippen LogP contribution < -0.4 is 10.6 Å². The molecule has 1 aliphatic rings. The van der Waals surface area contributed by atoms with Crippen molar-refractivity contribution in [3.63, 3.8) is 0 Å². The van der Waals surface area contributed by atoms with Gasteiger partial charge in [0, 0.05) is 42.6 Å². The molecule has 0 bridgehead atoms. The predicted molar refractivity (Wildman–Crippen MR) is 111 cm³/mol. The van der Waals surface area contributed by atoms with Crippen LogP contribution in [0.5, 0.6) is 0 Å². The minimum atomic E-state index is -0.0574. The van der Waals surface area contributed by atoms with E-state index in [1.165, 1.54) is 11.8 Å². The predicted octanol–water partition coefficient (Wildman–Crippen LogP) is 2.22.